The highest BCUT2D eigenvalue weighted by Crippen LogP contribution is 2.15. The highest BCUT2D eigenvalue weighted by molar-refractivity contribution is 5.72. The average Bonchev–Trinajstić information content (AvgIpc) is 2.60. The molecule has 0 spiro atoms. The predicted octanol–water partition coefficient (Wildman–Crippen LogP) is 5.95. The Morgan fingerprint density at radius 1 is 0.880 bits per heavy atom. The third kappa shape index (κ3) is 11.6. The first kappa shape index (κ1) is 21.5. The number of esters is 1. The molecule has 25 heavy (non-hydrogen) atoms. The Labute approximate surface area is 154 Å². The highest BCUT2D eigenvalue weighted by atomic mass is 16.5. The molecule has 0 atom stereocenters. The maximum atomic E-state index is 11.2. The molecule has 0 radical (unpaired) electrons. The van der Waals surface area contributed by atoms with Gasteiger partial charge in [0, 0.05) is 0 Å². The number of methoxy groups -OCH3 is 1. The summed E-state index contributed by atoms with van der Waals surface area (Å²) < 4.78 is 10.4. The van der Waals surface area contributed by atoms with E-state index in [0.29, 0.717) is 6.42 Å². The Balaban J connectivity index is 1.96. The first-order chi connectivity index (χ1) is 12.1. The van der Waals surface area contributed by atoms with Gasteiger partial charge in [-0.25, -0.2) is 0 Å². The smallest absolute Gasteiger partial charge is 0.309 e. The molecule has 0 fully saturated rings. The molecule has 0 aromatic heterocycles. The molecule has 3 nitrogen and oxygen atoms in total. The predicted molar refractivity (Wildman–Crippen MR) is 104 cm³/mol. The van der Waals surface area contributed by atoms with Crippen molar-refractivity contribution in [2.75, 3.05) is 13.7 Å². The summed E-state index contributed by atoms with van der Waals surface area (Å²) in [6.07, 6.45) is 12.3. The van der Waals surface area contributed by atoms with Crippen LogP contribution >= 0.6 is 0 Å². The Kier molecular flexibility index (Phi) is 11.8. The molecule has 0 saturated carbocycles. The van der Waals surface area contributed by atoms with E-state index in [9.17, 15) is 4.79 Å². The maximum Gasteiger partial charge on any atom is 0.309 e. The average molecular weight is 349 g/mol. The van der Waals surface area contributed by atoms with Crippen molar-refractivity contribution < 1.29 is 14.3 Å². The first-order valence-corrected chi connectivity index (χ1v) is 9.90. The van der Waals surface area contributed by atoms with E-state index in [-0.39, 0.29) is 5.97 Å². The standard InChI is InChI=1S/C22H36O3/c1-19(2)12-10-8-6-4-5-7-9-11-17-25-21-15-13-20(14-16-21)18-22(23)24-3/h13-16,19H,4-12,17-18H2,1-3H3. The molecule has 1 aromatic carbocycles. The molecule has 1 rings (SSSR count). The fourth-order valence-corrected chi connectivity index (χ4v) is 2.85. The van der Waals surface area contributed by atoms with E-state index in [1.807, 2.05) is 24.3 Å². The molecule has 142 valence electrons. The van der Waals surface area contributed by atoms with Crippen molar-refractivity contribution >= 4 is 5.97 Å². The number of ether oxygens (including phenoxy) is 2. The summed E-state index contributed by atoms with van der Waals surface area (Å²) in [5.74, 6) is 1.51. The summed E-state index contributed by atoms with van der Waals surface area (Å²) in [6.45, 7) is 5.38. The van der Waals surface area contributed by atoms with Crippen molar-refractivity contribution in [1.82, 2.24) is 0 Å². The van der Waals surface area contributed by atoms with Crippen molar-refractivity contribution in [3.63, 3.8) is 0 Å². The molecular formula is C22H36O3. The van der Waals surface area contributed by atoms with Gasteiger partial charge in [0.1, 0.15) is 5.75 Å². The lowest BCUT2D eigenvalue weighted by atomic mass is 10.0. The highest BCUT2D eigenvalue weighted by Gasteiger charge is 2.03. The van der Waals surface area contributed by atoms with E-state index >= 15 is 0 Å². The molecule has 0 bridgehead atoms. The lowest BCUT2D eigenvalue weighted by Crippen LogP contribution is -2.04. The van der Waals surface area contributed by atoms with Crippen LogP contribution in [0.25, 0.3) is 0 Å². The van der Waals surface area contributed by atoms with E-state index < -0.39 is 0 Å². The minimum Gasteiger partial charge on any atom is -0.494 e. The van der Waals surface area contributed by atoms with Crippen LogP contribution in [-0.4, -0.2) is 19.7 Å². The fourth-order valence-electron chi connectivity index (χ4n) is 2.85. The topological polar surface area (TPSA) is 35.5 Å². The summed E-state index contributed by atoms with van der Waals surface area (Å²) in [5.41, 5.74) is 0.951. The third-order valence-corrected chi connectivity index (χ3v) is 4.44. The van der Waals surface area contributed by atoms with E-state index in [2.05, 4.69) is 18.6 Å². The van der Waals surface area contributed by atoms with Gasteiger partial charge in [0.2, 0.25) is 0 Å². The second-order valence-corrected chi connectivity index (χ2v) is 7.26. The summed E-state index contributed by atoms with van der Waals surface area (Å²) in [6, 6.07) is 7.70. The Hall–Kier alpha value is -1.51. The minimum absolute atomic E-state index is 0.214. The monoisotopic (exact) mass is 348 g/mol. The number of hydrogen-bond acceptors (Lipinski definition) is 3. The van der Waals surface area contributed by atoms with Crippen LogP contribution < -0.4 is 4.74 Å². The maximum absolute atomic E-state index is 11.2. The zero-order valence-corrected chi connectivity index (χ0v) is 16.4. The van der Waals surface area contributed by atoms with Crippen LogP contribution in [0.1, 0.15) is 77.2 Å². The lowest BCUT2D eigenvalue weighted by molar-refractivity contribution is -0.139. The number of rotatable bonds is 14. The number of benzene rings is 1. The van der Waals surface area contributed by atoms with Gasteiger partial charge < -0.3 is 9.47 Å². The van der Waals surface area contributed by atoms with Crippen molar-refractivity contribution in [2.24, 2.45) is 5.92 Å². The van der Waals surface area contributed by atoms with Gasteiger partial charge in [0.25, 0.3) is 0 Å². The van der Waals surface area contributed by atoms with Crippen LogP contribution in [-0.2, 0) is 16.0 Å². The van der Waals surface area contributed by atoms with Crippen molar-refractivity contribution in [3.05, 3.63) is 29.8 Å². The first-order valence-electron chi connectivity index (χ1n) is 9.90. The van der Waals surface area contributed by atoms with Crippen LogP contribution in [0.5, 0.6) is 5.75 Å². The number of carbonyl (C=O) groups is 1. The van der Waals surface area contributed by atoms with Gasteiger partial charge in [0.15, 0.2) is 0 Å². The fraction of sp³-hybridized carbons (Fsp3) is 0.682. The van der Waals surface area contributed by atoms with E-state index in [1.165, 1.54) is 58.5 Å². The molecule has 0 N–H and O–H groups in total. The molecule has 0 aliphatic rings. The molecule has 0 amide bonds. The molecule has 0 saturated heterocycles. The van der Waals surface area contributed by atoms with Crippen LogP contribution in [0, 0.1) is 5.92 Å². The van der Waals surface area contributed by atoms with E-state index in [4.69, 9.17) is 4.74 Å². The van der Waals surface area contributed by atoms with Crippen molar-refractivity contribution in [2.45, 2.75) is 78.1 Å². The lowest BCUT2D eigenvalue weighted by Gasteiger charge is -2.07. The molecule has 0 aliphatic carbocycles. The molecule has 1 aromatic rings. The summed E-state index contributed by atoms with van der Waals surface area (Å²) >= 11 is 0. The van der Waals surface area contributed by atoms with E-state index in [1.54, 1.807) is 0 Å². The summed E-state index contributed by atoms with van der Waals surface area (Å²) in [7, 11) is 1.41. The van der Waals surface area contributed by atoms with Gasteiger partial charge in [-0.1, -0.05) is 77.3 Å². The molecule has 3 heteroatoms. The quantitative estimate of drug-likeness (QED) is 0.308. The van der Waals surface area contributed by atoms with Crippen LogP contribution in [0.3, 0.4) is 0 Å². The molecule has 0 heterocycles. The van der Waals surface area contributed by atoms with Crippen molar-refractivity contribution in [1.29, 1.82) is 0 Å². The number of carbonyl (C=O) groups excluding carboxylic acids is 1. The van der Waals surface area contributed by atoms with E-state index in [0.717, 1.165) is 30.3 Å². The summed E-state index contributed by atoms with van der Waals surface area (Å²) in [4.78, 5) is 11.2. The molecule has 0 unspecified atom stereocenters. The zero-order chi connectivity index (χ0) is 18.3. The molecular weight excluding hydrogens is 312 g/mol. The van der Waals surface area contributed by atoms with Gasteiger partial charge in [0.05, 0.1) is 20.1 Å². The van der Waals surface area contributed by atoms with Gasteiger partial charge in [-0.15, -0.1) is 0 Å². The van der Waals surface area contributed by atoms with Gasteiger partial charge >= 0.3 is 5.97 Å². The van der Waals surface area contributed by atoms with Crippen LogP contribution in [0.15, 0.2) is 24.3 Å². The number of unbranched alkanes of at least 4 members (excludes halogenated alkanes) is 7. The third-order valence-electron chi connectivity index (χ3n) is 4.44. The second kappa shape index (κ2) is 13.7. The largest absolute Gasteiger partial charge is 0.494 e. The zero-order valence-electron chi connectivity index (χ0n) is 16.4. The Morgan fingerprint density at radius 2 is 1.44 bits per heavy atom. The summed E-state index contributed by atoms with van der Waals surface area (Å²) in [5, 5.41) is 0. The second-order valence-electron chi connectivity index (χ2n) is 7.26. The molecule has 0 aliphatic heterocycles. The normalized spacial score (nSPS) is 10.9. The van der Waals surface area contributed by atoms with Crippen LogP contribution in [0.2, 0.25) is 0 Å². The van der Waals surface area contributed by atoms with Gasteiger partial charge in [-0.2, -0.15) is 0 Å². The van der Waals surface area contributed by atoms with Crippen molar-refractivity contribution in [3.8, 4) is 5.75 Å². The van der Waals surface area contributed by atoms with Gasteiger partial charge in [-0.3, -0.25) is 4.79 Å². The minimum atomic E-state index is -0.214. The van der Waals surface area contributed by atoms with Gasteiger partial charge in [-0.05, 0) is 30.0 Å². The number of hydrogen-bond donors (Lipinski definition) is 0. The van der Waals surface area contributed by atoms with Crippen LogP contribution in [0.4, 0.5) is 0 Å². The SMILES string of the molecule is COC(=O)Cc1ccc(OCCCCCCCCCCC(C)C)cc1. The Bertz CT molecular complexity index is 451. The Morgan fingerprint density at radius 3 is 2.00 bits per heavy atom.